The second-order valence-electron chi connectivity index (χ2n) is 6.90. The van der Waals surface area contributed by atoms with Gasteiger partial charge in [0.05, 0.1) is 6.61 Å². The molecule has 112 valence electrons. The molecule has 0 bridgehead atoms. The highest BCUT2D eigenvalue weighted by Crippen LogP contribution is 2.34. The monoisotopic (exact) mass is 268 g/mol. The summed E-state index contributed by atoms with van der Waals surface area (Å²) in [6.07, 6.45) is 5.43. The summed E-state index contributed by atoms with van der Waals surface area (Å²) in [5.41, 5.74) is 0.341. The van der Waals surface area contributed by atoms with Crippen LogP contribution in [0.5, 0.6) is 0 Å². The van der Waals surface area contributed by atoms with Crippen molar-refractivity contribution in [3.8, 4) is 0 Å². The fraction of sp³-hybridized carbons (Fsp3) is 1.00. The minimum atomic E-state index is 0.341. The van der Waals surface area contributed by atoms with Crippen molar-refractivity contribution in [3.05, 3.63) is 0 Å². The lowest BCUT2D eigenvalue weighted by Gasteiger charge is -2.42. The van der Waals surface area contributed by atoms with Crippen molar-refractivity contribution in [1.82, 2.24) is 10.2 Å². The van der Waals surface area contributed by atoms with Crippen molar-refractivity contribution in [3.63, 3.8) is 0 Å². The van der Waals surface area contributed by atoms with Crippen LogP contribution < -0.4 is 5.32 Å². The van der Waals surface area contributed by atoms with Crippen LogP contribution in [0.1, 0.15) is 46.5 Å². The van der Waals surface area contributed by atoms with Gasteiger partial charge in [-0.3, -0.25) is 4.90 Å². The second-order valence-corrected chi connectivity index (χ2v) is 6.90. The first-order chi connectivity index (χ1) is 9.15. The molecule has 1 heterocycles. The molecular weight excluding hydrogens is 236 g/mol. The molecule has 2 aliphatic rings. The summed E-state index contributed by atoms with van der Waals surface area (Å²) in [7, 11) is 0. The van der Waals surface area contributed by atoms with Crippen LogP contribution in [0, 0.1) is 11.3 Å². The Balaban J connectivity index is 1.94. The normalized spacial score (nSPS) is 28.3. The number of hydrogen-bond acceptors (Lipinski definition) is 3. The highest BCUT2D eigenvalue weighted by atomic mass is 16.5. The minimum absolute atomic E-state index is 0.341. The zero-order chi connectivity index (χ0) is 13.7. The maximum atomic E-state index is 5.82. The fourth-order valence-electron chi connectivity index (χ4n) is 3.14. The Hall–Kier alpha value is -0.120. The summed E-state index contributed by atoms with van der Waals surface area (Å²) in [5, 5.41) is 3.57. The summed E-state index contributed by atoms with van der Waals surface area (Å²) >= 11 is 0. The van der Waals surface area contributed by atoms with Gasteiger partial charge in [0, 0.05) is 37.7 Å². The highest BCUT2D eigenvalue weighted by Gasteiger charge is 2.36. The number of nitrogens with one attached hydrogen (secondary N) is 1. The van der Waals surface area contributed by atoms with Gasteiger partial charge in [0.2, 0.25) is 0 Å². The van der Waals surface area contributed by atoms with Gasteiger partial charge in [-0.2, -0.15) is 0 Å². The summed E-state index contributed by atoms with van der Waals surface area (Å²) in [5.74, 6) is 0.975. The molecule has 3 nitrogen and oxygen atoms in total. The largest absolute Gasteiger partial charge is 0.381 e. The molecule has 1 unspecified atom stereocenters. The van der Waals surface area contributed by atoms with Crippen LogP contribution in [0.15, 0.2) is 0 Å². The van der Waals surface area contributed by atoms with Crippen molar-refractivity contribution in [2.75, 3.05) is 39.4 Å². The lowest BCUT2D eigenvalue weighted by atomic mass is 9.81. The summed E-state index contributed by atoms with van der Waals surface area (Å²) < 4.78 is 5.82. The first kappa shape index (κ1) is 15.3. The van der Waals surface area contributed by atoms with E-state index in [0.717, 1.165) is 32.2 Å². The molecule has 0 aromatic heterocycles. The average Bonchev–Trinajstić information content (AvgIpc) is 3.21. The van der Waals surface area contributed by atoms with Gasteiger partial charge in [0.25, 0.3) is 0 Å². The van der Waals surface area contributed by atoms with Gasteiger partial charge in [-0.15, -0.1) is 0 Å². The Labute approximate surface area is 119 Å². The summed E-state index contributed by atoms with van der Waals surface area (Å²) in [6.45, 7) is 13.4. The van der Waals surface area contributed by atoms with E-state index in [1.54, 1.807) is 0 Å². The van der Waals surface area contributed by atoms with Crippen molar-refractivity contribution in [2.45, 2.75) is 52.5 Å². The fourth-order valence-corrected chi connectivity index (χ4v) is 3.14. The zero-order valence-electron chi connectivity index (χ0n) is 13.1. The van der Waals surface area contributed by atoms with Crippen LogP contribution in [0.3, 0.4) is 0 Å². The Morgan fingerprint density at radius 2 is 2.16 bits per heavy atom. The van der Waals surface area contributed by atoms with Gasteiger partial charge in [-0.05, 0) is 52.0 Å². The maximum Gasteiger partial charge on any atom is 0.0546 e. The van der Waals surface area contributed by atoms with Gasteiger partial charge in [-0.25, -0.2) is 0 Å². The number of nitrogens with zero attached hydrogens (tertiary/aromatic N) is 1. The first-order valence-corrected chi connectivity index (χ1v) is 8.18. The van der Waals surface area contributed by atoms with E-state index in [1.165, 1.54) is 38.8 Å². The molecule has 1 atom stereocenters. The van der Waals surface area contributed by atoms with Gasteiger partial charge in [0.1, 0.15) is 0 Å². The average molecular weight is 268 g/mol. The van der Waals surface area contributed by atoms with E-state index in [1.807, 2.05) is 0 Å². The van der Waals surface area contributed by atoms with Crippen LogP contribution in [0.4, 0.5) is 0 Å². The molecule has 1 N–H and O–H groups in total. The van der Waals surface area contributed by atoms with Crippen molar-refractivity contribution in [1.29, 1.82) is 0 Å². The molecule has 3 heteroatoms. The number of hydrogen-bond donors (Lipinski definition) is 1. The van der Waals surface area contributed by atoms with Crippen molar-refractivity contribution < 1.29 is 4.74 Å². The molecule has 1 saturated heterocycles. The van der Waals surface area contributed by atoms with E-state index < -0.39 is 0 Å². The predicted octanol–water partition coefficient (Wildman–Crippen LogP) is 2.51. The van der Waals surface area contributed by atoms with E-state index in [2.05, 4.69) is 31.0 Å². The quantitative estimate of drug-likeness (QED) is 0.732. The maximum absolute atomic E-state index is 5.82. The Morgan fingerprint density at radius 3 is 2.68 bits per heavy atom. The number of ether oxygens (including phenoxy) is 1. The molecule has 0 aromatic carbocycles. The topological polar surface area (TPSA) is 24.5 Å². The van der Waals surface area contributed by atoms with Crippen LogP contribution >= 0.6 is 0 Å². The van der Waals surface area contributed by atoms with Crippen LogP contribution in [-0.2, 0) is 4.74 Å². The highest BCUT2D eigenvalue weighted by molar-refractivity contribution is 4.89. The molecule has 0 aromatic rings. The molecule has 2 rings (SSSR count). The van der Waals surface area contributed by atoms with E-state index in [0.29, 0.717) is 11.5 Å². The molecule has 1 aliphatic heterocycles. The lowest BCUT2D eigenvalue weighted by molar-refractivity contribution is -0.0313. The third-order valence-electron chi connectivity index (χ3n) is 4.61. The molecule has 0 radical (unpaired) electrons. The Bertz CT molecular complexity index is 257. The minimum Gasteiger partial charge on any atom is -0.381 e. The number of rotatable bonds is 8. The molecule has 1 aliphatic carbocycles. The van der Waals surface area contributed by atoms with Crippen LogP contribution in [0.25, 0.3) is 0 Å². The second kappa shape index (κ2) is 7.05. The van der Waals surface area contributed by atoms with E-state index in [-0.39, 0.29) is 0 Å². The van der Waals surface area contributed by atoms with E-state index in [4.69, 9.17) is 4.74 Å². The smallest absolute Gasteiger partial charge is 0.0546 e. The van der Waals surface area contributed by atoms with Gasteiger partial charge in [-0.1, -0.05) is 6.92 Å². The van der Waals surface area contributed by atoms with Crippen LogP contribution in [0.2, 0.25) is 0 Å². The lowest BCUT2D eigenvalue weighted by Crippen LogP contribution is -2.51. The van der Waals surface area contributed by atoms with Gasteiger partial charge >= 0.3 is 0 Å². The van der Waals surface area contributed by atoms with E-state index >= 15 is 0 Å². The third kappa shape index (κ3) is 4.73. The van der Waals surface area contributed by atoms with Crippen molar-refractivity contribution >= 4 is 0 Å². The van der Waals surface area contributed by atoms with Crippen LogP contribution in [-0.4, -0.2) is 50.3 Å². The Kier molecular flexibility index (Phi) is 5.67. The summed E-state index contributed by atoms with van der Waals surface area (Å²) in [4.78, 5) is 2.70. The first-order valence-electron chi connectivity index (χ1n) is 8.18. The van der Waals surface area contributed by atoms with Gasteiger partial charge in [0.15, 0.2) is 0 Å². The molecule has 1 saturated carbocycles. The molecule has 0 amide bonds. The SMILES string of the molecule is CCNCC1(CN(CC2CC2)C(C)C)CCCOC1. The molecule has 19 heavy (non-hydrogen) atoms. The molecule has 2 fully saturated rings. The zero-order valence-corrected chi connectivity index (χ0v) is 13.1. The Morgan fingerprint density at radius 1 is 1.37 bits per heavy atom. The van der Waals surface area contributed by atoms with Gasteiger partial charge < -0.3 is 10.1 Å². The molecule has 0 spiro atoms. The van der Waals surface area contributed by atoms with Crippen molar-refractivity contribution in [2.24, 2.45) is 11.3 Å². The third-order valence-corrected chi connectivity index (χ3v) is 4.61. The van der Waals surface area contributed by atoms with E-state index in [9.17, 15) is 0 Å². The molecular formula is C16H32N2O. The predicted molar refractivity (Wildman–Crippen MR) is 80.5 cm³/mol. The summed E-state index contributed by atoms with van der Waals surface area (Å²) in [6, 6.07) is 0.654. The standard InChI is InChI=1S/C16H32N2O/c1-4-17-11-16(8-5-9-19-13-16)12-18(14(2)3)10-15-6-7-15/h14-15,17H,4-13H2,1-3H3.